The number of hydrogen-bond acceptors (Lipinski definition) is 3. The molecule has 5 heteroatoms. The normalized spacial score (nSPS) is 9.12. The van der Waals surface area contributed by atoms with Crippen molar-refractivity contribution < 1.29 is 14.3 Å². The minimum absolute atomic E-state index is 0. The van der Waals surface area contributed by atoms with E-state index in [0.29, 0.717) is 30.3 Å². The van der Waals surface area contributed by atoms with Crippen molar-refractivity contribution in [2.24, 2.45) is 5.73 Å². The lowest BCUT2D eigenvalue weighted by Gasteiger charge is -2.10. The maximum Gasteiger partial charge on any atom is 0.252 e. The quantitative estimate of drug-likeness (QED) is 0.863. The van der Waals surface area contributed by atoms with E-state index in [-0.39, 0.29) is 12.4 Å². The lowest BCUT2D eigenvalue weighted by Crippen LogP contribution is -2.13. The topological polar surface area (TPSA) is 61.5 Å². The van der Waals surface area contributed by atoms with Gasteiger partial charge in [-0.1, -0.05) is 0 Å². The molecule has 1 aromatic rings. The SMILES string of the molecule is CCOc1ccc(C(N)=O)c(OCC)c1.Cl. The molecule has 0 saturated heterocycles. The predicted molar refractivity (Wildman–Crippen MR) is 64.5 cm³/mol. The molecule has 0 saturated carbocycles. The van der Waals surface area contributed by atoms with Gasteiger partial charge in [-0.15, -0.1) is 12.4 Å². The van der Waals surface area contributed by atoms with Crippen LogP contribution in [0.1, 0.15) is 24.2 Å². The van der Waals surface area contributed by atoms with Crippen LogP contribution in [0.25, 0.3) is 0 Å². The third kappa shape index (κ3) is 3.62. The number of hydrogen-bond donors (Lipinski definition) is 1. The summed E-state index contributed by atoms with van der Waals surface area (Å²) in [4.78, 5) is 11.1. The van der Waals surface area contributed by atoms with Crippen LogP contribution in [0, 0.1) is 0 Å². The number of amides is 1. The Morgan fingerprint density at radius 3 is 2.38 bits per heavy atom. The summed E-state index contributed by atoms with van der Waals surface area (Å²) in [6.45, 7) is 4.79. The smallest absolute Gasteiger partial charge is 0.252 e. The van der Waals surface area contributed by atoms with Gasteiger partial charge in [-0.05, 0) is 26.0 Å². The minimum Gasteiger partial charge on any atom is -0.494 e. The molecule has 1 aromatic carbocycles. The summed E-state index contributed by atoms with van der Waals surface area (Å²) >= 11 is 0. The van der Waals surface area contributed by atoms with E-state index in [0.717, 1.165) is 0 Å². The van der Waals surface area contributed by atoms with E-state index in [1.54, 1.807) is 18.2 Å². The number of rotatable bonds is 5. The van der Waals surface area contributed by atoms with Crippen LogP contribution in [0.3, 0.4) is 0 Å². The highest BCUT2D eigenvalue weighted by Gasteiger charge is 2.10. The number of primary amides is 1. The van der Waals surface area contributed by atoms with Gasteiger partial charge in [0, 0.05) is 6.07 Å². The van der Waals surface area contributed by atoms with E-state index in [1.807, 2.05) is 13.8 Å². The van der Waals surface area contributed by atoms with Gasteiger partial charge in [-0.2, -0.15) is 0 Å². The lowest BCUT2D eigenvalue weighted by molar-refractivity contribution is 0.0996. The van der Waals surface area contributed by atoms with Gasteiger partial charge in [0.15, 0.2) is 0 Å². The summed E-state index contributed by atoms with van der Waals surface area (Å²) in [5.41, 5.74) is 5.58. The van der Waals surface area contributed by atoms with E-state index in [9.17, 15) is 4.79 Å². The largest absolute Gasteiger partial charge is 0.494 e. The molecule has 2 N–H and O–H groups in total. The van der Waals surface area contributed by atoms with Gasteiger partial charge in [0.2, 0.25) is 0 Å². The van der Waals surface area contributed by atoms with Gasteiger partial charge < -0.3 is 15.2 Å². The molecule has 90 valence electrons. The molecular weight excluding hydrogens is 230 g/mol. The van der Waals surface area contributed by atoms with Gasteiger partial charge in [0.1, 0.15) is 11.5 Å². The fraction of sp³-hybridized carbons (Fsp3) is 0.364. The molecule has 0 radical (unpaired) electrons. The Balaban J connectivity index is 0.00000225. The Kier molecular flexibility index (Phi) is 6.34. The van der Waals surface area contributed by atoms with Crippen LogP contribution in [0.5, 0.6) is 11.5 Å². The average Bonchev–Trinajstić information content (AvgIpc) is 2.18. The Morgan fingerprint density at radius 2 is 1.88 bits per heavy atom. The van der Waals surface area contributed by atoms with Crippen LogP contribution < -0.4 is 15.2 Å². The molecule has 0 aliphatic heterocycles. The highest BCUT2D eigenvalue weighted by atomic mass is 35.5. The predicted octanol–water partition coefficient (Wildman–Crippen LogP) is 2.00. The van der Waals surface area contributed by atoms with Crippen molar-refractivity contribution >= 4 is 18.3 Å². The van der Waals surface area contributed by atoms with Crippen LogP contribution in [-0.2, 0) is 0 Å². The van der Waals surface area contributed by atoms with E-state index in [1.165, 1.54) is 0 Å². The van der Waals surface area contributed by atoms with E-state index in [2.05, 4.69) is 0 Å². The first-order valence-corrected chi connectivity index (χ1v) is 4.88. The summed E-state index contributed by atoms with van der Waals surface area (Å²) < 4.78 is 10.6. The standard InChI is InChI=1S/C11H15NO3.ClH/c1-3-14-8-5-6-9(11(12)13)10(7-8)15-4-2;/h5-7H,3-4H2,1-2H3,(H2,12,13);1H. The summed E-state index contributed by atoms with van der Waals surface area (Å²) in [7, 11) is 0. The maximum atomic E-state index is 11.1. The van der Waals surface area contributed by atoms with E-state index >= 15 is 0 Å². The molecule has 0 aliphatic rings. The molecule has 1 rings (SSSR count). The molecule has 1 amide bonds. The van der Waals surface area contributed by atoms with Crippen LogP contribution in [0.2, 0.25) is 0 Å². The highest BCUT2D eigenvalue weighted by molar-refractivity contribution is 5.95. The Labute approximate surface area is 101 Å². The summed E-state index contributed by atoms with van der Waals surface area (Å²) in [5, 5.41) is 0. The second-order valence-electron chi connectivity index (χ2n) is 2.89. The highest BCUT2D eigenvalue weighted by Crippen LogP contribution is 2.24. The second-order valence-corrected chi connectivity index (χ2v) is 2.89. The second kappa shape index (κ2) is 6.95. The Morgan fingerprint density at radius 1 is 1.25 bits per heavy atom. The zero-order chi connectivity index (χ0) is 11.3. The first-order chi connectivity index (χ1) is 7.19. The fourth-order valence-electron chi connectivity index (χ4n) is 1.24. The van der Waals surface area contributed by atoms with Crippen LogP contribution in [-0.4, -0.2) is 19.1 Å². The van der Waals surface area contributed by atoms with Crippen LogP contribution in [0.4, 0.5) is 0 Å². The lowest BCUT2D eigenvalue weighted by atomic mass is 10.2. The molecule has 0 fully saturated rings. The van der Waals surface area contributed by atoms with Crippen molar-refractivity contribution in [1.82, 2.24) is 0 Å². The first kappa shape index (κ1) is 14.6. The first-order valence-electron chi connectivity index (χ1n) is 4.88. The number of halogens is 1. The van der Waals surface area contributed by atoms with Gasteiger partial charge >= 0.3 is 0 Å². The number of nitrogens with two attached hydrogens (primary N) is 1. The van der Waals surface area contributed by atoms with Gasteiger partial charge in [-0.3, -0.25) is 4.79 Å². The molecule has 0 aliphatic carbocycles. The van der Waals surface area contributed by atoms with Crippen molar-refractivity contribution in [2.75, 3.05) is 13.2 Å². The fourth-order valence-corrected chi connectivity index (χ4v) is 1.24. The Bertz CT molecular complexity index is 355. The molecule has 16 heavy (non-hydrogen) atoms. The summed E-state index contributed by atoms with van der Waals surface area (Å²) in [5.74, 6) is 0.642. The monoisotopic (exact) mass is 245 g/mol. The maximum absolute atomic E-state index is 11.1. The molecule has 0 atom stereocenters. The third-order valence-electron chi connectivity index (χ3n) is 1.83. The number of ether oxygens (including phenoxy) is 2. The van der Waals surface area contributed by atoms with Crippen molar-refractivity contribution in [2.45, 2.75) is 13.8 Å². The Hall–Kier alpha value is -1.42. The summed E-state index contributed by atoms with van der Waals surface area (Å²) in [6, 6.07) is 4.98. The van der Waals surface area contributed by atoms with Crippen molar-refractivity contribution in [3.05, 3.63) is 23.8 Å². The van der Waals surface area contributed by atoms with E-state index in [4.69, 9.17) is 15.2 Å². The number of carbonyl (C=O) groups is 1. The molecule has 0 heterocycles. The average molecular weight is 246 g/mol. The minimum atomic E-state index is -0.499. The molecule has 4 nitrogen and oxygen atoms in total. The van der Waals surface area contributed by atoms with Gasteiger partial charge in [0.25, 0.3) is 5.91 Å². The van der Waals surface area contributed by atoms with Gasteiger partial charge in [0.05, 0.1) is 18.8 Å². The number of benzene rings is 1. The zero-order valence-electron chi connectivity index (χ0n) is 9.36. The molecule has 0 unspecified atom stereocenters. The van der Waals surface area contributed by atoms with Crippen molar-refractivity contribution in [1.29, 1.82) is 0 Å². The zero-order valence-corrected chi connectivity index (χ0v) is 10.2. The van der Waals surface area contributed by atoms with Crippen LogP contribution in [0.15, 0.2) is 18.2 Å². The van der Waals surface area contributed by atoms with Gasteiger partial charge in [-0.25, -0.2) is 0 Å². The van der Waals surface area contributed by atoms with Crippen LogP contribution >= 0.6 is 12.4 Å². The molecule has 0 bridgehead atoms. The van der Waals surface area contributed by atoms with Crippen molar-refractivity contribution in [3.8, 4) is 11.5 Å². The van der Waals surface area contributed by atoms with Crippen molar-refractivity contribution in [3.63, 3.8) is 0 Å². The molecule has 0 aromatic heterocycles. The third-order valence-corrected chi connectivity index (χ3v) is 1.83. The summed E-state index contributed by atoms with van der Waals surface area (Å²) in [6.07, 6.45) is 0. The number of carbonyl (C=O) groups excluding carboxylic acids is 1. The molecule has 0 spiro atoms. The molecular formula is C11H16ClNO3. The van der Waals surface area contributed by atoms with E-state index < -0.39 is 5.91 Å².